The highest BCUT2D eigenvalue weighted by atomic mass is 16.1. The third-order valence-corrected chi connectivity index (χ3v) is 2.68. The summed E-state index contributed by atoms with van der Waals surface area (Å²) in [5, 5.41) is 2.83. The molecule has 1 heterocycles. The first-order valence-electron chi connectivity index (χ1n) is 6.51. The summed E-state index contributed by atoms with van der Waals surface area (Å²) in [6.45, 7) is 10.4. The molecule has 0 radical (unpaired) electrons. The Bertz CT molecular complexity index is 402. The van der Waals surface area contributed by atoms with Crippen molar-refractivity contribution >= 4 is 11.7 Å². The maximum atomic E-state index is 11.9. The van der Waals surface area contributed by atoms with Gasteiger partial charge < -0.3 is 10.2 Å². The normalized spacial score (nSPS) is 10.2. The predicted octanol–water partition coefficient (Wildman–Crippen LogP) is 1.77. The molecule has 0 saturated carbocycles. The number of rotatable bonds is 6. The van der Waals surface area contributed by atoms with Gasteiger partial charge in [-0.05, 0) is 27.2 Å². The quantitative estimate of drug-likeness (QED) is 0.836. The maximum absolute atomic E-state index is 11.9. The Morgan fingerprint density at radius 1 is 1.28 bits per heavy atom. The van der Waals surface area contributed by atoms with Crippen LogP contribution in [0.25, 0.3) is 0 Å². The van der Waals surface area contributed by atoms with Crippen molar-refractivity contribution in [2.75, 3.05) is 24.5 Å². The lowest BCUT2D eigenvalue weighted by molar-refractivity contribution is 0.0948. The highest BCUT2D eigenvalue weighted by Gasteiger charge is 2.12. The van der Waals surface area contributed by atoms with E-state index in [0.29, 0.717) is 18.1 Å². The van der Waals surface area contributed by atoms with Crippen molar-refractivity contribution in [3.8, 4) is 0 Å². The minimum absolute atomic E-state index is 0.129. The molecule has 5 heteroatoms. The molecule has 0 spiro atoms. The lowest BCUT2D eigenvalue weighted by Gasteiger charge is -2.20. The van der Waals surface area contributed by atoms with Gasteiger partial charge in [0.15, 0.2) is 0 Å². The van der Waals surface area contributed by atoms with E-state index in [4.69, 9.17) is 0 Å². The summed E-state index contributed by atoms with van der Waals surface area (Å²) in [4.78, 5) is 22.6. The largest absolute Gasteiger partial charge is 0.357 e. The molecule has 0 atom stereocenters. The molecule has 100 valence electrons. The number of hydrogen-bond donors (Lipinski definition) is 1. The third kappa shape index (κ3) is 3.68. The Morgan fingerprint density at radius 3 is 2.50 bits per heavy atom. The van der Waals surface area contributed by atoms with Crippen LogP contribution in [0.15, 0.2) is 6.07 Å². The standard InChI is InChI=1S/C13H22N4O/c1-5-8-14-13(18)11-9-12(16-10(4)15-11)17(6-2)7-3/h9H,5-8H2,1-4H3,(H,14,18). The van der Waals surface area contributed by atoms with Gasteiger partial charge in [-0.1, -0.05) is 6.92 Å². The summed E-state index contributed by atoms with van der Waals surface area (Å²) in [6.07, 6.45) is 0.915. The lowest BCUT2D eigenvalue weighted by Crippen LogP contribution is -2.27. The fourth-order valence-electron chi connectivity index (χ4n) is 1.71. The van der Waals surface area contributed by atoms with E-state index in [1.807, 2.05) is 13.8 Å². The van der Waals surface area contributed by atoms with Crippen LogP contribution in [0, 0.1) is 6.92 Å². The van der Waals surface area contributed by atoms with Crippen molar-refractivity contribution in [1.82, 2.24) is 15.3 Å². The molecule has 1 N–H and O–H groups in total. The number of nitrogens with zero attached hydrogens (tertiary/aromatic N) is 3. The fourth-order valence-corrected chi connectivity index (χ4v) is 1.71. The van der Waals surface area contributed by atoms with Gasteiger partial charge >= 0.3 is 0 Å². The SMILES string of the molecule is CCCNC(=O)c1cc(N(CC)CC)nc(C)n1. The fraction of sp³-hybridized carbons (Fsp3) is 0.615. The highest BCUT2D eigenvalue weighted by Crippen LogP contribution is 2.12. The van der Waals surface area contributed by atoms with Gasteiger partial charge in [0.1, 0.15) is 17.3 Å². The second kappa shape index (κ2) is 6.93. The molecule has 1 rings (SSSR count). The monoisotopic (exact) mass is 250 g/mol. The maximum Gasteiger partial charge on any atom is 0.270 e. The Balaban J connectivity index is 2.96. The van der Waals surface area contributed by atoms with Gasteiger partial charge in [0.05, 0.1) is 0 Å². The predicted molar refractivity (Wildman–Crippen MR) is 73.0 cm³/mol. The zero-order chi connectivity index (χ0) is 13.5. The second-order valence-corrected chi connectivity index (χ2v) is 4.09. The molecule has 0 unspecified atom stereocenters. The summed E-state index contributed by atoms with van der Waals surface area (Å²) < 4.78 is 0. The number of aryl methyl sites for hydroxylation is 1. The smallest absolute Gasteiger partial charge is 0.270 e. The van der Waals surface area contributed by atoms with Crippen molar-refractivity contribution in [2.24, 2.45) is 0 Å². The summed E-state index contributed by atoms with van der Waals surface area (Å²) in [5.41, 5.74) is 0.442. The minimum atomic E-state index is -0.129. The van der Waals surface area contributed by atoms with Crippen molar-refractivity contribution in [1.29, 1.82) is 0 Å². The molecular formula is C13H22N4O. The molecule has 0 aliphatic carbocycles. The van der Waals surface area contributed by atoms with E-state index in [1.54, 1.807) is 6.07 Å². The van der Waals surface area contributed by atoms with Crippen molar-refractivity contribution < 1.29 is 4.79 Å². The van der Waals surface area contributed by atoms with Gasteiger partial charge in [0, 0.05) is 25.7 Å². The second-order valence-electron chi connectivity index (χ2n) is 4.09. The zero-order valence-electron chi connectivity index (χ0n) is 11.7. The molecule has 1 aromatic rings. The van der Waals surface area contributed by atoms with E-state index in [0.717, 1.165) is 25.3 Å². The Hall–Kier alpha value is -1.65. The Labute approximate surface area is 109 Å². The molecule has 0 aliphatic rings. The minimum Gasteiger partial charge on any atom is -0.357 e. The zero-order valence-corrected chi connectivity index (χ0v) is 11.7. The van der Waals surface area contributed by atoms with Crippen LogP contribution in [0.1, 0.15) is 43.5 Å². The van der Waals surface area contributed by atoms with Gasteiger partial charge in [-0.15, -0.1) is 0 Å². The van der Waals surface area contributed by atoms with Crippen LogP contribution < -0.4 is 10.2 Å². The van der Waals surface area contributed by atoms with Crippen molar-refractivity contribution in [2.45, 2.75) is 34.1 Å². The van der Waals surface area contributed by atoms with Crippen LogP contribution in [0.4, 0.5) is 5.82 Å². The van der Waals surface area contributed by atoms with Crippen LogP contribution in [0.5, 0.6) is 0 Å². The molecule has 1 aromatic heterocycles. The van der Waals surface area contributed by atoms with Gasteiger partial charge in [0.25, 0.3) is 5.91 Å². The summed E-state index contributed by atoms with van der Waals surface area (Å²) in [7, 11) is 0. The van der Waals surface area contributed by atoms with Gasteiger partial charge in [0.2, 0.25) is 0 Å². The van der Waals surface area contributed by atoms with Crippen LogP contribution in [-0.2, 0) is 0 Å². The van der Waals surface area contributed by atoms with E-state index < -0.39 is 0 Å². The molecule has 1 amide bonds. The molecular weight excluding hydrogens is 228 g/mol. The number of anilines is 1. The molecule has 5 nitrogen and oxygen atoms in total. The molecule has 0 bridgehead atoms. The first-order chi connectivity index (χ1) is 8.62. The van der Waals surface area contributed by atoms with Gasteiger partial charge in [-0.3, -0.25) is 4.79 Å². The number of aromatic nitrogens is 2. The molecule has 0 aliphatic heterocycles. The first-order valence-corrected chi connectivity index (χ1v) is 6.51. The third-order valence-electron chi connectivity index (χ3n) is 2.68. The number of carbonyl (C=O) groups is 1. The molecule has 18 heavy (non-hydrogen) atoms. The van der Waals surface area contributed by atoms with Crippen LogP contribution in [0.3, 0.4) is 0 Å². The average Bonchev–Trinajstić information content (AvgIpc) is 2.36. The van der Waals surface area contributed by atoms with Gasteiger partial charge in [-0.25, -0.2) is 9.97 Å². The topological polar surface area (TPSA) is 58.1 Å². The van der Waals surface area contributed by atoms with Crippen LogP contribution in [-0.4, -0.2) is 35.5 Å². The summed E-state index contributed by atoms with van der Waals surface area (Å²) in [5.74, 6) is 1.31. The summed E-state index contributed by atoms with van der Waals surface area (Å²) >= 11 is 0. The number of nitrogens with one attached hydrogen (secondary N) is 1. The van der Waals surface area contributed by atoms with Crippen LogP contribution >= 0.6 is 0 Å². The number of hydrogen-bond acceptors (Lipinski definition) is 4. The lowest BCUT2D eigenvalue weighted by atomic mass is 10.3. The van der Waals surface area contributed by atoms with E-state index in [2.05, 4.69) is 34.0 Å². The van der Waals surface area contributed by atoms with E-state index >= 15 is 0 Å². The Kier molecular flexibility index (Phi) is 5.55. The van der Waals surface area contributed by atoms with E-state index in [9.17, 15) is 4.79 Å². The highest BCUT2D eigenvalue weighted by molar-refractivity contribution is 5.92. The number of carbonyl (C=O) groups excluding carboxylic acids is 1. The average molecular weight is 250 g/mol. The Morgan fingerprint density at radius 2 is 1.94 bits per heavy atom. The molecule has 0 saturated heterocycles. The van der Waals surface area contributed by atoms with Crippen LogP contribution in [0.2, 0.25) is 0 Å². The van der Waals surface area contributed by atoms with E-state index in [1.165, 1.54) is 0 Å². The van der Waals surface area contributed by atoms with Gasteiger partial charge in [-0.2, -0.15) is 0 Å². The van der Waals surface area contributed by atoms with Crippen molar-refractivity contribution in [3.05, 3.63) is 17.6 Å². The summed E-state index contributed by atoms with van der Waals surface area (Å²) in [6, 6.07) is 1.75. The van der Waals surface area contributed by atoms with E-state index in [-0.39, 0.29) is 5.91 Å². The first kappa shape index (κ1) is 14.4. The number of amides is 1. The molecule has 0 aromatic carbocycles. The van der Waals surface area contributed by atoms with Crippen molar-refractivity contribution in [3.63, 3.8) is 0 Å². The molecule has 0 fully saturated rings.